The number of rotatable bonds is 4. The fourth-order valence-electron chi connectivity index (χ4n) is 1.88. The highest BCUT2D eigenvalue weighted by Gasteiger charge is 2.14. The van der Waals surface area contributed by atoms with Crippen LogP contribution in [0, 0.1) is 6.92 Å². The van der Waals surface area contributed by atoms with Gasteiger partial charge in [0, 0.05) is 18.8 Å². The van der Waals surface area contributed by atoms with Gasteiger partial charge in [0.1, 0.15) is 5.02 Å². The zero-order chi connectivity index (χ0) is 14.0. The van der Waals surface area contributed by atoms with Gasteiger partial charge in [0.25, 0.3) is 0 Å². The molecule has 102 valence electrons. The van der Waals surface area contributed by atoms with E-state index >= 15 is 0 Å². The SMILES string of the molecule is COc1ncc(Cl)c(NC(C)c2cn(C)nc2C)n1. The second-order valence-electron chi connectivity index (χ2n) is 4.26. The van der Waals surface area contributed by atoms with Crippen molar-refractivity contribution < 1.29 is 4.74 Å². The largest absolute Gasteiger partial charge is 0.467 e. The third-order valence-corrected chi connectivity index (χ3v) is 3.05. The first-order chi connectivity index (χ1) is 9.01. The highest BCUT2D eigenvalue weighted by Crippen LogP contribution is 2.26. The van der Waals surface area contributed by atoms with Gasteiger partial charge in [-0.3, -0.25) is 4.68 Å². The second kappa shape index (κ2) is 5.44. The Morgan fingerprint density at radius 3 is 2.79 bits per heavy atom. The molecule has 1 N–H and O–H groups in total. The predicted octanol–water partition coefficient (Wildman–Crippen LogP) is 2.35. The van der Waals surface area contributed by atoms with Gasteiger partial charge in [-0.2, -0.15) is 10.1 Å². The lowest BCUT2D eigenvalue weighted by Crippen LogP contribution is -2.09. The maximum atomic E-state index is 6.07. The zero-order valence-electron chi connectivity index (χ0n) is 11.3. The van der Waals surface area contributed by atoms with Crippen molar-refractivity contribution in [2.24, 2.45) is 7.05 Å². The number of methoxy groups -OCH3 is 1. The summed E-state index contributed by atoms with van der Waals surface area (Å²) in [5.41, 5.74) is 2.07. The van der Waals surface area contributed by atoms with Gasteiger partial charge in [0.2, 0.25) is 0 Å². The lowest BCUT2D eigenvalue weighted by atomic mass is 10.1. The first kappa shape index (κ1) is 13.6. The summed E-state index contributed by atoms with van der Waals surface area (Å²) in [7, 11) is 3.41. The Labute approximate surface area is 116 Å². The van der Waals surface area contributed by atoms with E-state index in [1.165, 1.54) is 13.3 Å². The monoisotopic (exact) mass is 281 g/mol. The average molecular weight is 282 g/mol. The van der Waals surface area contributed by atoms with Crippen LogP contribution in [0.5, 0.6) is 6.01 Å². The summed E-state index contributed by atoms with van der Waals surface area (Å²) in [6.45, 7) is 3.99. The molecular formula is C12H16ClN5O. The molecule has 0 aliphatic carbocycles. The number of aryl methyl sites for hydroxylation is 2. The molecule has 1 atom stereocenters. The van der Waals surface area contributed by atoms with Crippen molar-refractivity contribution >= 4 is 17.4 Å². The van der Waals surface area contributed by atoms with Crippen molar-refractivity contribution in [3.63, 3.8) is 0 Å². The van der Waals surface area contributed by atoms with E-state index in [2.05, 4.69) is 20.4 Å². The third kappa shape index (κ3) is 2.96. The number of aromatic nitrogens is 4. The molecule has 19 heavy (non-hydrogen) atoms. The van der Waals surface area contributed by atoms with E-state index in [0.29, 0.717) is 10.8 Å². The van der Waals surface area contributed by atoms with Crippen LogP contribution in [-0.2, 0) is 7.05 Å². The van der Waals surface area contributed by atoms with Gasteiger partial charge in [-0.05, 0) is 13.8 Å². The van der Waals surface area contributed by atoms with Gasteiger partial charge in [-0.1, -0.05) is 11.6 Å². The number of halogens is 1. The Balaban J connectivity index is 2.23. The van der Waals surface area contributed by atoms with Gasteiger partial charge in [-0.25, -0.2) is 4.98 Å². The molecule has 0 saturated carbocycles. The number of hydrogen-bond donors (Lipinski definition) is 1. The molecule has 0 saturated heterocycles. The van der Waals surface area contributed by atoms with Gasteiger partial charge in [0.15, 0.2) is 5.82 Å². The molecule has 0 bridgehead atoms. The highest BCUT2D eigenvalue weighted by molar-refractivity contribution is 6.32. The number of anilines is 1. The normalized spacial score (nSPS) is 12.3. The van der Waals surface area contributed by atoms with Gasteiger partial charge in [-0.15, -0.1) is 0 Å². The minimum atomic E-state index is 0.0332. The first-order valence-corrected chi connectivity index (χ1v) is 6.22. The Hall–Kier alpha value is -1.82. The second-order valence-corrected chi connectivity index (χ2v) is 4.67. The Morgan fingerprint density at radius 1 is 1.47 bits per heavy atom. The van der Waals surface area contributed by atoms with Gasteiger partial charge >= 0.3 is 6.01 Å². The fourth-order valence-corrected chi connectivity index (χ4v) is 2.02. The Bertz CT molecular complexity index is 583. The van der Waals surface area contributed by atoms with Crippen molar-refractivity contribution in [2.75, 3.05) is 12.4 Å². The van der Waals surface area contributed by atoms with Crippen LogP contribution in [0.3, 0.4) is 0 Å². The van der Waals surface area contributed by atoms with Crippen molar-refractivity contribution in [2.45, 2.75) is 19.9 Å². The van der Waals surface area contributed by atoms with Crippen molar-refractivity contribution in [3.05, 3.63) is 28.7 Å². The predicted molar refractivity (Wildman–Crippen MR) is 73.6 cm³/mol. The van der Waals surface area contributed by atoms with E-state index in [0.717, 1.165) is 11.3 Å². The lowest BCUT2D eigenvalue weighted by molar-refractivity contribution is 0.380. The molecule has 7 heteroatoms. The van der Waals surface area contributed by atoms with E-state index in [-0.39, 0.29) is 12.1 Å². The Kier molecular flexibility index (Phi) is 3.90. The molecular weight excluding hydrogens is 266 g/mol. The number of ether oxygens (including phenoxy) is 1. The molecule has 2 aromatic heterocycles. The third-order valence-electron chi connectivity index (χ3n) is 2.78. The van der Waals surface area contributed by atoms with Crippen LogP contribution < -0.4 is 10.1 Å². The van der Waals surface area contributed by atoms with E-state index in [1.54, 1.807) is 4.68 Å². The molecule has 0 amide bonds. The van der Waals surface area contributed by atoms with Crippen molar-refractivity contribution in [1.29, 1.82) is 0 Å². The summed E-state index contributed by atoms with van der Waals surface area (Å²) >= 11 is 6.07. The molecule has 0 fully saturated rings. The summed E-state index contributed by atoms with van der Waals surface area (Å²) in [4.78, 5) is 8.13. The molecule has 0 radical (unpaired) electrons. The van der Waals surface area contributed by atoms with Gasteiger partial charge in [0.05, 0.1) is 25.0 Å². The van der Waals surface area contributed by atoms with Crippen LogP contribution in [-0.4, -0.2) is 26.9 Å². The number of nitrogens with zero attached hydrogens (tertiary/aromatic N) is 4. The first-order valence-electron chi connectivity index (χ1n) is 5.84. The molecule has 0 aromatic carbocycles. The van der Waals surface area contributed by atoms with E-state index in [9.17, 15) is 0 Å². The smallest absolute Gasteiger partial charge is 0.318 e. The van der Waals surface area contributed by atoms with E-state index in [1.807, 2.05) is 27.1 Å². The average Bonchev–Trinajstić information content (AvgIpc) is 2.71. The number of hydrogen-bond acceptors (Lipinski definition) is 5. The quantitative estimate of drug-likeness (QED) is 0.932. The lowest BCUT2D eigenvalue weighted by Gasteiger charge is -2.15. The summed E-state index contributed by atoms with van der Waals surface area (Å²) in [6.07, 6.45) is 3.48. The molecule has 2 heterocycles. The maximum absolute atomic E-state index is 6.07. The number of nitrogens with one attached hydrogen (secondary N) is 1. The van der Waals surface area contributed by atoms with E-state index in [4.69, 9.17) is 16.3 Å². The summed E-state index contributed by atoms with van der Waals surface area (Å²) < 4.78 is 6.77. The van der Waals surface area contributed by atoms with Crippen LogP contribution >= 0.6 is 11.6 Å². The molecule has 0 aliphatic rings. The highest BCUT2D eigenvalue weighted by atomic mass is 35.5. The van der Waals surface area contributed by atoms with Crippen LogP contribution in [0.2, 0.25) is 5.02 Å². The maximum Gasteiger partial charge on any atom is 0.318 e. The molecule has 6 nitrogen and oxygen atoms in total. The fraction of sp³-hybridized carbons (Fsp3) is 0.417. The van der Waals surface area contributed by atoms with Crippen LogP contribution in [0.4, 0.5) is 5.82 Å². The standard InChI is InChI=1S/C12H16ClN5O/c1-7(9-6-18(3)17-8(9)2)15-11-10(13)5-14-12(16-11)19-4/h5-7H,1-4H3,(H,14,15,16). The molecule has 0 aliphatic heterocycles. The van der Waals surface area contributed by atoms with E-state index < -0.39 is 0 Å². The van der Waals surface area contributed by atoms with Crippen molar-refractivity contribution in [3.8, 4) is 6.01 Å². The van der Waals surface area contributed by atoms with Gasteiger partial charge < -0.3 is 10.1 Å². The minimum Gasteiger partial charge on any atom is -0.467 e. The molecule has 2 aromatic rings. The van der Waals surface area contributed by atoms with Crippen LogP contribution in [0.15, 0.2) is 12.4 Å². The zero-order valence-corrected chi connectivity index (χ0v) is 12.1. The molecule has 2 rings (SSSR count). The van der Waals surface area contributed by atoms with Crippen LogP contribution in [0.1, 0.15) is 24.2 Å². The summed E-state index contributed by atoms with van der Waals surface area (Å²) in [6, 6.07) is 0.313. The topological polar surface area (TPSA) is 64.9 Å². The summed E-state index contributed by atoms with van der Waals surface area (Å²) in [5.74, 6) is 0.546. The van der Waals surface area contributed by atoms with Crippen LogP contribution in [0.25, 0.3) is 0 Å². The summed E-state index contributed by atoms with van der Waals surface area (Å²) in [5, 5.41) is 8.01. The minimum absolute atomic E-state index is 0.0332. The molecule has 0 spiro atoms. The van der Waals surface area contributed by atoms with Crippen molar-refractivity contribution in [1.82, 2.24) is 19.7 Å². The molecule has 1 unspecified atom stereocenters. The Morgan fingerprint density at radius 2 is 2.21 bits per heavy atom.